The van der Waals surface area contributed by atoms with Gasteiger partial charge in [0.25, 0.3) is 0 Å². The lowest BCUT2D eigenvalue weighted by molar-refractivity contribution is -0.138. The highest BCUT2D eigenvalue weighted by Gasteiger charge is 2.35. The van der Waals surface area contributed by atoms with E-state index < -0.39 is 23.4 Å². The Balaban J connectivity index is 5.15. The number of alkyl halides is 3. The first-order valence-corrected chi connectivity index (χ1v) is 3.41. The summed E-state index contributed by atoms with van der Waals surface area (Å²) < 4.78 is 40.4. The van der Waals surface area contributed by atoms with Gasteiger partial charge in [0.2, 0.25) is 6.41 Å². The fourth-order valence-electron chi connectivity index (χ4n) is 0.623. The van der Waals surface area contributed by atoms with Crippen LogP contribution in [-0.4, -0.2) is 25.7 Å². The van der Waals surface area contributed by atoms with E-state index in [4.69, 9.17) is 0 Å². The van der Waals surface area contributed by atoms with E-state index in [9.17, 15) is 22.8 Å². The number of carbonyl (C=O) groups excluding carboxylic acids is 2. The quantitative estimate of drug-likeness (QED) is 0.425. The molecule has 0 radical (unpaired) electrons. The first-order chi connectivity index (χ1) is 6.34. The van der Waals surface area contributed by atoms with Crippen LogP contribution in [0.5, 0.6) is 0 Å². The summed E-state index contributed by atoms with van der Waals surface area (Å²) in [5.41, 5.74) is -2.12. The van der Waals surface area contributed by atoms with E-state index >= 15 is 0 Å². The maximum atomic E-state index is 12.1. The maximum absolute atomic E-state index is 12.1. The Morgan fingerprint density at radius 2 is 1.93 bits per heavy atom. The largest absolute Gasteiger partial charge is 0.464 e. The van der Waals surface area contributed by atoms with Gasteiger partial charge >= 0.3 is 12.1 Å². The zero-order valence-electron chi connectivity index (χ0n) is 7.44. The molecule has 1 amide bonds. The Bertz CT molecular complexity index is 270. The fourth-order valence-corrected chi connectivity index (χ4v) is 0.623. The number of nitrogens with one attached hydrogen (secondary N) is 1. The van der Waals surface area contributed by atoms with Crippen LogP contribution < -0.4 is 5.32 Å². The number of allylic oxidation sites excluding steroid dienone is 1. The Labute approximate surface area is 77.7 Å². The fraction of sp³-hybridized carbons (Fsp3) is 0.429. The third-order valence-corrected chi connectivity index (χ3v) is 1.39. The third kappa shape index (κ3) is 3.08. The van der Waals surface area contributed by atoms with Crippen LogP contribution in [0.3, 0.4) is 0 Å². The summed E-state index contributed by atoms with van der Waals surface area (Å²) in [6.45, 7) is 0.669. The lowest BCUT2D eigenvalue weighted by atomic mass is 10.2. The van der Waals surface area contributed by atoms with Crippen molar-refractivity contribution in [2.45, 2.75) is 13.1 Å². The van der Waals surface area contributed by atoms with E-state index in [1.807, 2.05) is 0 Å². The van der Waals surface area contributed by atoms with Gasteiger partial charge in [-0.3, -0.25) is 4.79 Å². The molecule has 0 spiro atoms. The van der Waals surface area contributed by atoms with E-state index in [0.29, 0.717) is 6.92 Å². The van der Waals surface area contributed by atoms with Gasteiger partial charge in [0.1, 0.15) is 5.70 Å². The third-order valence-electron chi connectivity index (χ3n) is 1.39. The van der Waals surface area contributed by atoms with Gasteiger partial charge in [-0.2, -0.15) is 13.2 Å². The van der Waals surface area contributed by atoms with Crippen LogP contribution in [0.2, 0.25) is 0 Å². The molecule has 0 atom stereocenters. The normalized spacial score (nSPS) is 12.9. The highest BCUT2D eigenvalue weighted by atomic mass is 19.4. The molecule has 0 aliphatic carbocycles. The molecule has 4 nitrogen and oxygen atoms in total. The highest BCUT2D eigenvalue weighted by Crippen LogP contribution is 2.26. The van der Waals surface area contributed by atoms with Crippen molar-refractivity contribution < 1.29 is 27.5 Å². The minimum Gasteiger partial charge on any atom is -0.464 e. The van der Waals surface area contributed by atoms with Crippen LogP contribution in [0, 0.1) is 0 Å². The van der Waals surface area contributed by atoms with Crippen molar-refractivity contribution in [1.29, 1.82) is 0 Å². The number of hydrogen-bond acceptors (Lipinski definition) is 3. The smallest absolute Gasteiger partial charge is 0.414 e. The zero-order valence-corrected chi connectivity index (χ0v) is 7.44. The Morgan fingerprint density at radius 3 is 2.21 bits per heavy atom. The number of rotatable bonds is 3. The van der Waals surface area contributed by atoms with Crippen molar-refractivity contribution >= 4 is 12.4 Å². The SMILES string of the molecule is COC(=O)/C(NC=O)=C(\C)C(F)(F)F. The van der Waals surface area contributed by atoms with Crippen molar-refractivity contribution in [3.63, 3.8) is 0 Å². The molecule has 1 N–H and O–H groups in total. The van der Waals surface area contributed by atoms with E-state index in [-0.39, 0.29) is 6.41 Å². The molecule has 0 rings (SSSR count). The summed E-state index contributed by atoms with van der Waals surface area (Å²) in [4.78, 5) is 20.7. The molecule has 0 bridgehead atoms. The highest BCUT2D eigenvalue weighted by molar-refractivity contribution is 5.91. The standard InChI is InChI=1S/C7H8F3NO3/c1-4(7(8,9)10)5(11-3-12)6(13)14-2/h3H,1-2H3,(H,11,12)/b5-4-. The molecule has 80 valence electrons. The molecule has 0 aliphatic rings. The minimum atomic E-state index is -4.68. The van der Waals surface area contributed by atoms with E-state index in [1.54, 1.807) is 5.32 Å². The van der Waals surface area contributed by atoms with Gasteiger partial charge in [-0.25, -0.2) is 4.79 Å². The number of hydrogen-bond donors (Lipinski definition) is 1. The first kappa shape index (κ1) is 12.5. The summed E-state index contributed by atoms with van der Waals surface area (Å²) in [6.07, 6.45) is -4.71. The molecular formula is C7H8F3NO3. The lowest BCUT2D eigenvalue weighted by Crippen LogP contribution is -2.26. The van der Waals surface area contributed by atoms with Crippen LogP contribution in [0.1, 0.15) is 6.92 Å². The van der Waals surface area contributed by atoms with Crippen LogP contribution >= 0.6 is 0 Å². The van der Waals surface area contributed by atoms with Gasteiger partial charge in [-0.05, 0) is 6.92 Å². The van der Waals surface area contributed by atoms with Crippen LogP contribution in [0.4, 0.5) is 13.2 Å². The molecular weight excluding hydrogens is 203 g/mol. The average molecular weight is 211 g/mol. The number of carbonyl (C=O) groups is 2. The van der Waals surface area contributed by atoms with Gasteiger partial charge in [0, 0.05) is 0 Å². The molecule has 7 heteroatoms. The van der Waals surface area contributed by atoms with Crippen molar-refractivity contribution in [3.8, 4) is 0 Å². The molecule has 0 heterocycles. The van der Waals surface area contributed by atoms with Crippen molar-refractivity contribution in [1.82, 2.24) is 5.32 Å². The average Bonchev–Trinajstić information content (AvgIpc) is 2.10. The predicted octanol–water partition coefficient (Wildman–Crippen LogP) is 0.742. The topological polar surface area (TPSA) is 55.4 Å². The second-order valence-electron chi connectivity index (χ2n) is 2.25. The number of methoxy groups -OCH3 is 1. The molecule has 0 aliphatic heterocycles. The maximum Gasteiger partial charge on any atom is 0.414 e. The van der Waals surface area contributed by atoms with E-state index in [1.165, 1.54) is 0 Å². The molecule has 0 unspecified atom stereocenters. The van der Waals surface area contributed by atoms with Gasteiger partial charge in [-0.1, -0.05) is 0 Å². The number of amides is 1. The second-order valence-corrected chi connectivity index (χ2v) is 2.25. The van der Waals surface area contributed by atoms with Crippen molar-refractivity contribution in [2.75, 3.05) is 7.11 Å². The molecule has 0 saturated carbocycles. The lowest BCUT2D eigenvalue weighted by Gasteiger charge is -2.11. The summed E-state index contributed by atoms with van der Waals surface area (Å²) in [5, 5.41) is 1.64. The predicted molar refractivity (Wildman–Crippen MR) is 40.0 cm³/mol. The summed E-state index contributed by atoms with van der Waals surface area (Å²) in [5.74, 6) is -1.24. The van der Waals surface area contributed by atoms with Gasteiger partial charge in [0.15, 0.2) is 0 Å². The molecule has 0 saturated heterocycles. The Hall–Kier alpha value is -1.53. The summed E-state index contributed by atoms with van der Waals surface area (Å²) in [6, 6.07) is 0. The second kappa shape index (κ2) is 4.64. The Kier molecular flexibility index (Phi) is 4.13. The van der Waals surface area contributed by atoms with Crippen molar-refractivity contribution in [2.24, 2.45) is 0 Å². The van der Waals surface area contributed by atoms with Crippen LogP contribution in [-0.2, 0) is 14.3 Å². The molecule has 0 aromatic carbocycles. The van der Waals surface area contributed by atoms with Crippen molar-refractivity contribution in [3.05, 3.63) is 11.3 Å². The Morgan fingerprint density at radius 1 is 1.43 bits per heavy atom. The number of esters is 1. The number of halogens is 3. The molecule has 14 heavy (non-hydrogen) atoms. The van der Waals surface area contributed by atoms with Gasteiger partial charge < -0.3 is 10.1 Å². The zero-order chi connectivity index (χ0) is 11.4. The van der Waals surface area contributed by atoms with E-state index in [2.05, 4.69) is 4.74 Å². The summed E-state index contributed by atoms with van der Waals surface area (Å²) >= 11 is 0. The molecule has 0 fully saturated rings. The number of ether oxygens (including phenoxy) is 1. The van der Waals surface area contributed by atoms with Gasteiger partial charge in [-0.15, -0.1) is 0 Å². The van der Waals surface area contributed by atoms with E-state index in [0.717, 1.165) is 7.11 Å². The minimum absolute atomic E-state index is 0.0263. The van der Waals surface area contributed by atoms with Crippen LogP contribution in [0.25, 0.3) is 0 Å². The van der Waals surface area contributed by atoms with Gasteiger partial charge in [0.05, 0.1) is 12.7 Å². The molecule has 0 aromatic rings. The summed E-state index contributed by atoms with van der Waals surface area (Å²) in [7, 11) is 0.915. The monoisotopic (exact) mass is 211 g/mol. The molecule has 0 aromatic heterocycles. The van der Waals surface area contributed by atoms with Crippen LogP contribution in [0.15, 0.2) is 11.3 Å². The first-order valence-electron chi connectivity index (χ1n) is 3.41.